The molecular weight excluding hydrogens is 288 g/mol. The Bertz CT molecular complexity index is 607. The van der Waals surface area contributed by atoms with Crippen molar-refractivity contribution in [3.63, 3.8) is 0 Å². The Morgan fingerprint density at radius 1 is 1.24 bits per heavy atom. The molecule has 0 amide bonds. The number of nitrogens with one attached hydrogen (secondary N) is 2. The second kappa shape index (κ2) is 5.94. The maximum atomic E-state index is 12.4. The van der Waals surface area contributed by atoms with Crippen LogP contribution in [0.3, 0.4) is 0 Å². The molecule has 21 heavy (non-hydrogen) atoms. The van der Waals surface area contributed by atoms with E-state index in [2.05, 4.69) is 10.0 Å². The van der Waals surface area contributed by atoms with Gasteiger partial charge >= 0.3 is 0 Å². The Morgan fingerprint density at radius 3 is 2.62 bits per heavy atom. The van der Waals surface area contributed by atoms with Crippen molar-refractivity contribution in [2.45, 2.75) is 43.2 Å². The van der Waals surface area contributed by atoms with E-state index in [1.807, 2.05) is 6.07 Å². The molecule has 1 aromatic rings. The van der Waals surface area contributed by atoms with E-state index in [0.29, 0.717) is 30.8 Å². The lowest BCUT2D eigenvalue weighted by molar-refractivity contribution is 0.402. The molecule has 0 aliphatic heterocycles. The van der Waals surface area contributed by atoms with Crippen molar-refractivity contribution in [2.75, 3.05) is 13.7 Å². The topological polar surface area (TPSA) is 67.4 Å². The van der Waals surface area contributed by atoms with Crippen LogP contribution in [0.2, 0.25) is 0 Å². The fraction of sp³-hybridized carbons (Fsp3) is 0.600. The van der Waals surface area contributed by atoms with Crippen molar-refractivity contribution >= 4 is 10.0 Å². The molecule has 0 saturated heterocycles. The third kappa shape index (κ3) is 3.96. The smallest absolute Gasteiger partial charge is 0.244 e. The molecular formula is C15H22N2O3S. The number of hydrogen-bond acceptors (Lipinski definition) is 4. The molecule has 6 heteroatoms. The lowest BCUT2D eigenvalue weighted by Crippen LogP contribution is -2.26. The van der Waals surface area contributed by atoms with E-state index in [-0.39, 0.29) is 4.90 Å². The third-order valence-corrected chi connectivity index (χ3v) is 5.39. The first-order valence-electron chi connectivity index (χ1n) is 7.48. The van der Waals surface area contributed by atoms with Crippen LogP contribution in [0, 0.1) is 5.92 Å². The molecule has 2 aliphatic carbocycles. The number of sulfonamides is 1. The molecule has 0 heterocycles. The zero-order valence-corrected chi connectivity index (χ0v) is 13.1. The first-order chi connectivity index (χ1) is 10.1. The first kappa shape index (κ1) is 14.8. The predicted molar refractivity (Wildman–Crippen MR) is 80.8 cm³/mol. The number of methoxy groups -OCH3 is 1. The SMILES string of the molecule is COc1ccc(CNC2CC2)cc1S(=O)(=O)NCC1CC1. The maximum Gasteiger partial charge on any atom is 0.244 e. The van der Waals surface area contributed by atoms with Crippen LogP contribution in [-0.2, 0) is 16.6 Å². The third-order valence-electron chi connectivity index (χ3n) is 3.95. The molecule has 116 valence electrons. The zero-order chi connectivity index (χ0) is 14.9. The van der Waals surface area contributed by atoms with Gasteiger partial charge in [-0.05, 0) is 49.3 Å². The van der Waals surface area contributed by atoms with Crippen LogP contribution in [0.15, 0.2) is 23.1 Å². The van der Waals surface area contributed by atoms with Gasteiger partial charge in [0.05, 0.1) is 7.11 Å². The van der Waals surface area contributed by atoms with Gasteiger partial charge in [-0.25, -0.2) is 13.1 Å². The van der Waals surface area contributed by atoms with Crippen LogP contribution in [0.1, 0.15) is 31.2 Å². The summed E-state index contributed by atoms with van der Waals surface area (Å²) in [4.78, 5) is 0.237. The van der Waals surface area contributed by atoms with Gasteiger partial charge in [-0.2, -0.15) is 0 Å². The van der Waals surface area contributed by atoms with Gasteiger partial charge in [-0.15, -0.1) is 0 Å². The molecule has 0 spiro atoms. The van der Waals surface area contributed by atoms with Crippen molar-refractivity contribution in [1.82, 2.24) is 10.0 Å². The highest BCUT2D eigenvalue weighted by atomic mass is 32.2. The predicted octanol–water partition coefficient (Wildman–Crippen LogP) is 1.64. The highest BCUT2D eigenvalue weighted by Crippen LogP contribution is 2.30. The summed E-state index contributed by atoms with van der Waals surface area (Å²) in [5, 5.41) is 3.39. The minimum atomic E-state index is -3.51. The summed E-state index contributed by atoms with van der Waals surface area (Å²) in [5.74, 6) is 0.902. The highest BCUT2D eigenvalue weighted by molar-refractivity contribution is 7.89. The lowest BCUT2D eigenvalue weighted by Gasteiger charge is -2.12. The van der Waals surface area contributed by atoms with Crippen molar-refractivity contribution in [1.29, 1.82) is 0 Å². The summed E-state index contributed by atoms with van der Waals surface area (Å²) in [7, 11) is -2.01. The van der Waals surface area contributed by atoms with Gasteiger partial charge in [-0.1, -0.05) is 6.07 Å². The molecule has 0 aromatic heterocycles. The van der Waals surface area contributed by atoms with E-state index < -0.39 is 10.0 Å². The van der Waals surface area contributed by atoms with Crippen LogP contribution >= 0.6 is 0 Å². The molecule has 0 atom stereocenters. The van der Waals surface area contributed by atoms with Crippen molar-refractivity contribution in [3.8, 4) is 5.75 Å². The molecule has 0 bridgehead atoms. The van der Waals surface area contributed by atoms with E-state index in [4.69, 9.17) is 4.74 Å². The Morgan fingerprint density at radius 2 is 2.00 bits per heavy atom. The largest absolute Gasteiger partial charge is 0.495 e. The highest BCUT2D eigenvalue weighted by Gasteiger charge is 2.26. The van der Waals surface area contributed by atoms with Gasteiger partial charge in [0.15, 0.2) is 0 Å². The van der Waals surface area contributed by atoms with Gasteiger partial charge in [0.25, 0.3) is 0 Å². The average molecular weight is 310 g/mol. The Balaban J connectivity index is 1.76. The second-order valence-corrected chi connectivity index (χ2v) is 7.67. The van der Waals surface area contributed by atoms with Crippen molar-refractivity contribution < 1.29 is 13.2 Å². The molecule has 1 aromatic carbocycles. The van der Waals surface area contributed by atoms with Gasteiger partial charge < -0.3 is 10.1 Å². The summed E-state index contributed by atoms with van der Waals surface area (Å²) in [6, 6.07) is 5.95. The van der Waals surface area contributed by atoms with Crippen LogP contribution in [0.25, 0.3) is 0 Å². The van der Waals surface area contributed by atoms with E-state index in [0.717, 1.165) is 18.4 Å². The number of ether oxygens (including phenoxy) is 1. The van der Waals surface area contributed by atoms with Gasteiger partial charge in [0, 0.05) is 19.1 Å². The zero-order valence-electron chi connectivity index (χ0n) is 12.3. The summed E-state index contributed by atoms with van der Waals surface area (Å²) in [5.41, 5.74) is 0.967. The van der Waals surface area contributed by atoms with Crippen molar-refractivity contribution in [2.24, 2.45) is 5.92 Å². The molecule has 2 N–H and O–H groups in total. The fourth-order valence-electron chi connectivity index (χ4n) is 2.22. The summed E-state index contributed by atoms with van der Waals surface area (Å²) < 4.78 is 32.8. The molecule has 3 rings (SSSR count). The average Bonchev–Trinajstić information content (AvgIpc) is 3.37. The molecule has 5 nitrogen and oxygen atoms in total. The van der Waals surface area contributed by atoms with Gasteiger partial charge in [0.1, 0.15) is 10.6 Å². The number of benzene rings is 1. The van der Waals surface area contributed by atoms with E-state index in [1.54, 1.807) is 12.1 Å². The lowest BCUT2D eigenvalue weighted by atomic mass is 10.2. The van der Waals surface area contributed by atoms with Crippen LogP contribution in [0.5, 0.6) is 5.75 Å². The van der Waals surface area contributed by atoms with Crippen LogP contribution < -0.4 is 14.8 Å². The second-order valence-electron chi connectivity index (χ2n) is 5.94. The standard InChI is InChI=1S/C15H22N2O3S/c1-20-14-7-4-12(9-16-13-5-6-13)8-15(14)21(18,19)17-10-11-2-3-11/h4,7-8,11,13,16-17H,2-3,5-6,9-10H2,1H3. The summed E-state index contributed by atoms with van der Waals surface area (Å²) >= 11 is 0. The quantitative estimate of drug-likeness (QED) is 0.766. The minimum absolute atomic E-state index is 0.237. The van der Waals surface area contributed by atoms with E-state index in [1.165, 1.54) is 20.0 Å². The monoisotopic (exact) mass is 310 g/mol. The Labute approximate surface area is 126 Å². The maximum absolute atomic E-state index is 12.4. The molecule has 2 saturated carbocycles. The number of hydrogen-bond donors (Lipinski definition) is 2. The van der Waals surface area contributed by atoms with Gasteiger partial charge in [-0.3, -0.25) is 0 Å². The van der Waals surface area contributed by atoms with Crippen LogP contribution in [-0.4, -0.2) is 28.1 Å². The molecule has 0 unspecified atom stereocenters. The first-order valence-corrected chi connectivity index (χ1v) is 8.97. The van der Waals surface area contributed by atoms with Crippen LogP contribution in [0.4, 0.5) is 0 Å². The molecule has 0 radical (unpaired) electrons. The summed E-state index contributed by atoms with van der Waals surface area (Å²) in [6.45, 7) is 1.22. The summed E-state index contributed by atoms with van der Waals surface area (Å²) in [6.07, 6.45) is 4.66. The fourth-order valence-corrected chi connectivity index (χ4v) is 3.55. The normalized spacial score (nSPS) is 18.7. The van der Waals surface area contributed by atoms with E-state index in [9.17, 15) is 8.42 Å². The Hall–Kier alpha value is -1.11. The number of rotatable bonds is 8. The van der Waals surface area contributed by atoms with E-state index >= 15 is 0 Å². The molecule has 2 aliphatic rings. The Kier molecular flexibility index (Phi) is 4.19. The molecule has 2 fully saturated rings. The van der Waals surface area contributed by atoms with Crippen molar-refractivity contribution in [3.05, 3.63) is 23.8 Å². The van der Waals surface area contributed by atoms with Gasteiger partial charge in [0.2, 0.25) is 10.0 Å². The minimum Gasteiger partial charge on any atom is -0.495 e.